The average Bonchev–Trinajstić information content (AvgIpc) is 3.25. The highest BCUT2D eigenvalue weighted by molar-refractivity contribution is 6.44. The Hall–Kier alpha value is -3.88. The summed E-state index contributed by atoms with van der Waals surface area (Å²) in [5.74, 6) is -0.936. The van der Waals surface area contributed by atoms with Gasteiger partial charge in [-0.2, -0.15) is 5.10 Å². The van der Waals surface area contributed by atoms with Gasteiger partial charge < -0.3 is 11.1 Å². The first-order chi connectivity index (χ1) is 17.2. The van der Waals surface area contributed by atoms with E-state index < -0.39 is 17.8 Å². The van der Waals surface area contributed by atoms with Crippen LogP contribution in [0.3, 0.4) is 0 Å². The first kappa shape index (κ1) is 25.2. The molecule has 0 bridgehead atoms. The van der Waals surface area contributed by atoms with Gasteiger partial charge in [-0.3, -0.25) is 10.1 Å². The fourth-order valence-corrected chi connectivity index (χ4v) is 3.95. The Balaban J connectivity index is 1.70. The van der Waals surface area contributed by atoms with E-state index >= 15 is 0 Å². The minimum Gasteiger partial charge on any atom is -0.369 e. The minimum atomic E-state index is -0.598. The second-order valence-electron chi connectivity index (χ2n) is 8.16. The number of benzene rings is 3. The van der Waals surface area contributed by atoms with E-state index in [0.29, 0.717) is 28.5 Å². The van der Waals surface area contributed by atoms with Gasteiger partial charge in [0.15, 0.2) is 0 Å². The highest BCUT2D eigenvalue weighted by Gasteiger charge is 2.18. The van der Waals surface area contributed by atoms with E-state index in [9.17, 15) is 14.0 Å². The van der Waals surface area contributed by atoms with Crippen molar-refractivity contribution in [1.29, 1.82) is 0 Å². The summed E-state index contributed by atoms with van der Waals surface area (Å²) in [4.78, 5) is 24.4. The first-order valence-corrected chi connectivity index (χ1v) is 11.7. The molecule has 36 heavy (non-hydrogen) atoms. The zero-order chi connectivity index (χ0) is 25.8. The summed E-state index contributed by atoms with van der Waals surface area (Å²) >= 11 is 12.2. The third-order valence-corrected chi connectivity index (χ3v) is 6.30. The highest BCUT2D eigenvalue weighted by Crippen LogP contribution is 2.30. The van der Waals surface area contributed by atoms with E-state index in [1.54, 1.807) is 61.5 Å². The van der Waals surface area contributed by atoms with Crippen molar-refractivity contribution < 1.29 is 14.0 Å². The fourth-order valence-electron chi connectivity index (χ4n) is 3.61. The summed E-state index contributed by atoms with van der Waals surface area (Å²) in [6.07, 6.45) is 0.432. The number of rotatable bonds is 7. The van der Waals surface area contributed by atoms with E-state index in [2.05, 4.69) is 15.7 Å². The number of primary amides is 1. The van der Waals surface area contributed by atoms with Crippen LogP contribution >= 0.6 is 23.2 Å². The van der Waals surface area contributed by atoms with E-state index in [4.69, 9.17) is 28.9 Å². The molecule has 0 fully saturated rings. The summed E-state index contributed by atoms with van der Waals surface area (Å²) in [6.45, 7) is 1.75. The predicted molar refractivity (Wildman–Crippen MR) is 140 cm³/mol. The Labute approximate surface area is 217 Å². The second kappa shape index (κ2) is 10.8. The topological polar surface area (TPSA) is 102 Å². The van der Waals surface area contributed by atoms with Gasteiger partial charge in [0.25, 0.3) is 0 Å². The second-order valence-corrected chi connectivity index (χ2v) is 8.95. The molecule has 0 spiro atoms. The van der Waals surface area contributed by atoms with Gasteiger partial charge in [0.1, 0.15) is 11.6 Å². The number of urea groups is 1. The van der Waals surface area contributed by atoms with Crippen molar-refractivity contribution in [2.45, 2.75) is 13.3 Å². The summed E-state index contributed by atoms with van der Waals surface area (Å²) in [7, 11) is 0. The zero-order valence-electron chi connectivity index (χ0n) is 19.1. The molecule has 1 atom stereocenters. The standard InChI is InChI=1S/C26H22Cl2FN5O2/c1-15(25(30)35)12-16-6-4-7-17(13-16)34-23(14-22(33-34)18-8-2-3-10-20(18)29)32-26(36)31-21-11-5-9-19(27)24(21)28/h2-11,13-15H,12H2,1H3,(H2,30,35)(H2,31,32,36). The van der Waals surface area contributed by atoms with Crippen LogP contribution < -0.4 is 16.4 Å². The van der Waals surface area contributed by atoms with Crippen LogP contribution in [0.25, 0.3) is 16.9 Å². The molecular formula is C26H22Cl2FN5O2. The monoisotopic (exact) mass is 525 g/mol. The molecule has 4 N–H and O–H groups in total. The highest BCUT2D eigenvalue weighted by atomic mass is 35.5. The molecule has 1 heterocycles. The number of halogens is 3. The molecule has 0 aliphatic rings. The van der Waals surface area contributed by atoms with Gasteiger partial charge in [-0.25, -0.2) is 13.9 Å². The van der Waals surface area contributed by atoms with E-state index in [0.717, 1.165) is 5.56 Å². The Morgan fingerprint density at radius 1 is 1.03 bits per heavy atom. The van der Waals surface area contributed by atoms with Crippen molar-refractivity contribution in [3.63, 3.8) is 0 Å². The van der Waals surface area contributed by atoms with Crippen LogP contribution in [0.4, 0.5) is 20.7 Å². The number of carbonyl (C=O) groups excluding carboxylic acids is 2. The van der Waals surface area contributed by atoms with Crippen molar-refractivity contribution in [3.05, 3.63) is 94.2 Å². The summed E-state index contributed by atoms with van der Waals surface area (Å²) in [5.41, 5.74) is 7.78. The average molecular weight is 526 g/mol. The zero-order valence-corrected chi connectivity index (χ0v) is 20.6. The van der Waals surface area contributed by atoms with E-state index in [-0.39, 0.29) is 22.3 Å². The van der Waals surface area contributed by atoms with Crippen molar-refractivity contribution in [1.82, 2.24) is 9.78 Å². The van der Waals surface area contributed by atoms with Gasteiger partial charge in [-0.1, -0.05) is 60.5 Å². The van der Waals surface area contributed by atoms with Crippen LogP contribution in [0.1, 0.15) is 12.5 Å². The van der Waals surface area contributed by atoms with Gasteiger partial charge in [0.05, 0.1) is 27.1 Å². The van der Waals surface area contributed by atoms with Gasteiger partial charge in [-0.15, -0.1) is 0 Å². The predicted octanol–water partition coefficient (Wildman–Crippen LogP) is 6.29. The van der Waals surface area contributed by atoms with Gasteiger partial charge in [0, 0.05) is 17.5 Å². The van der Waals surface area contributed by atoms with E-state index in [1.165, 1.54) is 10.7 Å². The number of hydrogen-bond donors (Lipinski definition) is 3. The number of carbonyl (C=O) groups is 2. The third kappa shape index (κ3) is 5.67. The van der Waals surface area contributed by atoms with Crippen molar-refractivity contribution in [2.24, 2.45) is 11.7 Å². The van der Waals surface area contributed by atoms with Gasteiger partial charge in [0.2, 0.25) is 5.91 Å². The van der Waals surface area contributed by atoms with Crippen LogP contribution in [0.2, 0.25) is 10.0 Å². The maximum absolute atomic E-state index is 14.5. The lowest BCUT2D eigenvalue weighted by molar-refractivity contribution is -0.121. The minimum absolute atomic E-state index is 0.200. The molecule has 0 saturated carbocycles. The first-order valence-electron chi connectivity index (χ1n) is 11.0. The smallest absolute Gasteiger partial charge is 0.324 e. The van der Waals surface area contributed by atoms with Crippen LogP contribution in [-0.4, -0.2) is 21.7 Å². The molecule has 3 amide bonds. The summed E-state index contributed by atoms with van der Waals surface area (Å²) in [5, 5.41) is 10.4. The van der Waals surface area contributed by atoms with Crippen LogP contribution in [0.5, 0.6) is 0 Å². The lowest BCUT2D eigenvalue weighted by atomic mass is 10.0. The van der Waals surface area contributed by atoms with Crippen molar-refractivity contribution in [3.8, 4) is 16.9 Å². The number of aromatic nitrogens is 2. The number of amides is 3. The number of anilines is 2. The van der Waals surface area contributed by atoms with Crippen molar-refractivity contribution in [2.75, 3.05) is 10.6 Å². The van der Waals surface area contributed by atoms with E-state index in [1.807, 2.05) is 12.1 Å². The third-order valence-electron chi connectivity index (χ3n) is 5.48. The fraction of sp³-hybridized carbons (Fsp3) is 0.115. The van der Waals surface area contributed by atoms with Gasteiger partial charge in [-0.05, 0) is 48.4 Å². The Kier molecular flexibility index (Phi) is 7.57. The lowest BCUT2D eigenvalue weighted by Gasteiger charge is -2.13. The molecule has 4 rings (SSSR count). The summed E-state index contributed by atoms with van der Waals surface area (Å²) < 4.78 is 16.0. The maximum atomic E-state index is 14.5. The molecule has 1 unspecified atom stereocenters. The van der Waals surface area contributed by atoms with Crippen LogP contribution in [-0.2, 0) is 11.2 Å². The molecule has 184 valence electrons. The van der Waals surface area contributed by atoms with Crippen molar-refractivity contribution >= 4 is 46.6 Å². The number of nitrogens with zero attached hydrogens (tertiary/aromatic N) is 2. The Morgan fingerprint density at radius 3 is 2.53 bits per heavy atom. The molecule has 4 aromatic rings. The Bertz CT molecular complexity index is 1440. The summed E-state index contributed by atoms with van der Waals surface area (Å²) in [6, 6.07) is 19.3. The Morgan fingerprint density at radius 2 is 1.78 bits per heavy atom. The van der Waals surface area contributed by atoms with Crippen LogP contribution in [0, 0.1) is 11.7 Å². The van der Waals surface area contributed by atoms with Gasteiger partial charge >= 0.3 is 6.03 Å². The molecule has 0 aliphatic heterocycles. The molecule has 3 aromatic carbocycles. The maximum Gasteiger partial charge on any atom is 0.324 e. The normalized spacial score (nSPS) is 11.7. The molecule has 10 heteroatoms. The molecule has 7 nitrogen and oxygen atoms in total. The molecule has 0 radical (unpaired) electrons. The quantitative estimate of drug-likeness (QED) is 0.264. The molecular weight excluding hydrogens is 504 g/mol. The largest absolute Gasteiger partial charge is 0.369 e. The number of nitrogens with one attached hydrogen (secondary N) is 2. The molecule has 0 aliphatic carbocycles. The molecule has 1 aromatic heterocycles. The van der Waals surface area contributed by atoms with Crippen LogP contribution in [0.15, 0.2) is 72.8 Å². The lowest BCUT2D eigenvalue weighted by Crippen LogP contribution is -2.22. The number of hydrogen-bond acceptors (Lipinski definition) is 3. The number of nitrogens with two attached hydrogens (primary N) is 1. The SMILES string of the molecule is CC(Cc1cccc(-n2nc(-c3ccccc3F)cc2NC(=O)Nc2cccc(Cl)c2Cl)c1)C(N)=O. The molecule has 0 saturated heterocycles.